The van der Waals surface area contributed by atoms with E-state index in [-0.39, 0.29) is 21.2 Å². The van der Waals surface area contributed by atoms with Crippen molar-refractivity contribution in [1.29, 1.82) is 0 Å². The molecule has 0 amide bonds. The Balaban J connectivity index is 1.58. The van der Waals surface area contributed by atoms with Crippen LogP contribution in [-0.2, 0) is 4.74 Å². The third-order valence-corrected chi connectivity index (χ3v) is 7.81. The SMILES string of the molecule is C=COCC1CC2C3CC(C[I-]C=C)C(C3)C2C1. The maximum absolute atomic E-state index is 5.42. The van der Waals surface area contributed by atoms with Crippen molar-refractivity contribution in [2.75, 3.05) is 11.0 Å². The summed E-state index contributed by atoms with van der Waals surface area (Å²) in [4.78, 5) is 0. The molecule has 0 N–H and O–H groups in total. The standard InChI is InChI=1S/C16H24IO/c1-3-17-9-13-7-12-8-15(13)16-6-11(5-14(12)16)10-18-4-2/h3-4,11-16H,1-2,5-10H2/q-1. The van der Waals surface area contributed by atoms with Gasteiger partial charge in [0.25, 0.3) is 0 Å². The molecule has 0 aromatic rings. The second-order valence-electron chi connectivity index (χ2n) is 6.28. The van der Waals surface area contributed by atoms with Crippen LogP contribution in [0.25, 0.3) is 0 Å². The summed E-state index contributed by atoms with van der Waals surface area (Å²) >= 11 is 0.288. The monoisotopic (exact) mass is 359 g/mol. The summed E-state index contributed by atoms with van der Waals surface area (Å²) < 4.78 is 9.13. The zero-order valence-corrected chi connectivity index (χ0v) is 13.2. The predicted molar refractivity (Wildman–Crippen MR) is 70.6 cm³/mol. The van der Waals surface area contributed by atoms with Gasteiger partial charge in [-0.15, -0.1) is 0 Å². The average Bonchev–Trinajstić information content (AvgIpc) is 3.03. The Morgan fingerprint density at radius 2 is 1.89 bits per heavy atom. The van der Waals surface area contributed by atoms with Crippen molar-refractivity contribution < 1.29 is 25.9 Å². The second kappa shape index (κ2) is 5.56. The van der Waals surface area contributed by atoms with E-state index in [4.69, 9.17) is 4.74 Å². The van der Waals surface area contributed by atoms with Gasteiger partial charge < -0.3 is 0 Å². The minimum absolute atomic E-state index is 0.288. The summed E-state index contributed by atoms with van der Waals surface area (Å²) in [5.74, 6) is 6.09. The van der Waals surface area contributed by atoms with Gasteiger partial charge in [-0.25, -0.2) is 0 Å². The number of hydrogen-bond donors (Lipinski definition) is 0. The van der Waals surface area contributed by atoms with E-state index in [9.17, 15) is 0 Å². The fourth-order valence-electron chi connectivity index (χ4n) is 5.02. The van der Waals surface area contributed by atoms with Gasteiger partial charge in [0.05, 0.1) is 0 Å². The van der Waals surface area contributed by atoms with Crippen LogP contribution >= 0.6 is 0 Å². The Hall–Kier alpha value is 0.01000. The van der Waals surface area contributed by atoms with Crippen LogP contribution in [0.15, 0.2) is 23.5 Å². The molecule has 18 heavy (non-hydrogen) atoms. The maximum atomic E-state index is 5.42. The van der Waals surface area contributed by atoms with E-state index >= 15 is 0 Å². The van der Waals surface area contributed by atoms with Gasteiger partial charge in [-0.1, -0.05) is 0 Å². The van der Waals surface area contributed by atoms with E-state index in [1.807, 2.05) is 0 Å². The van der Waals surface area contributed by atoms with Crippen LogP contribution in [-0.4, -0.2) is 11.0 Å². The van der Waals surface area contributed by atoms with Gasteiger partial charge in [-0.05, 0) is 0 Å². The van der Waals surface area contributed by atoms with Crippen molar-refractivity contribution in [2.24, 2.45) is 35.5 Å². The normalized spacial score (nSPS) is 45.1. The number of ether oxygens (including phenoxy) is 1. The van der Waals surface area contributed by atoms with Crippen molar-refractivity contribution in [1.82, 2.24) is 0 Å². The number of alkyl halides is 1. The number of halogens is 1. The van der Waals surface area contributed by atoms with Crippen molar-refractivity contribution in [2.45, 2.75) is 25.7 Å². The average molecular weight is 359 g/mol. The Bertz CT molecular complexity index is 327. The molecular weight excluding hydrogens is 335 g/mol. The van der Waals surface area contributed by atoms with Crippen molar-refractivity contribution in [3.8, 4) is 0 Å². The van der Waals surface area contributed by atoms with Crippen LogP contribution in [0, 0.1) is 35.5 Å². The van der Waals surface area contributed by atoms with Crippen LogP contribution in [0.2, 0.25) is 0 Å². The molecule has 0 saturated heterocycles. The van der Waals surface area contributed by atoms with Gasteiger partial charge in [-0.2, -0.15) is 0 Å². The Kier molecular flexibility index (Phi) is 4.02. The summed E-state index contributed by atoms with van der Waals surface area (Å²) in [7, 11) is 0. The first-order valence-corrected chi connectivity index (χ1v) is 10.0. The summed E-state index contributed by atoms with van der Waals surface area (Å²) in [5, 5.41) is 0. The first kappa shape index (κ1) is 13.0. The van der Waals surface area contributed by atoms with Crippen LogP contribution in [0.4, 0.5) is 0 Å². The number of hydrogen-bond acceptors (Lipinski definition) is 1. The Labute approximate surface area is 121 Å². The molecule has 6 unspecified atom stereocenters. The second-order valence-corrected chi connectivity index (χ2v) is 8.93. The first-order valence-electron chi connectivity index (χ1n) is 7.24. The molecule has 3 aliphatic carbocycles. The molecule has 3 rings (SSSR count). The van der Waals surface area contributed by atoms with E-state index < -0.39 is 0 Å². The zero-order valence-electron chi connectivity index (χ0n) is 11.1. The van der Waals surface area contributed by atoms with E-state index in [1.165, 1.54) is 23.7 Å². The molecule has 2 bridgehead atoms. The first-order chi connectivity index (χ1) is 8.83. The van der Waals surface area contributed by atoms with Crippen molar-refractivity contribution in [3.05, 3.63) is 23.5 Å². The molecule has 102 valence electrons. The molecule has 0 radical (unpaired) electrons. The summed E-state index contributed by atoms with van der Waals surface area (Å²) in [6.45, 7) is 8.49. The quantitative estimate of drug-likeness (QED) is 0.385. The molecule has 3 fully saturated rings. The number of rotatable bonds is 6. The van der Waals surface area contributed by atoms with Crippen LogP contribution < -0.4 is 21.2 Å². The van der Waals surface area contributed by atoms with E-state index in [1.54, 1.807) is 12.7 Å². The van der Waals surface area contributed by atoms with Gasteiger partial charge in [0.1, 0.15) is 0 Å². The molecular formula is C16H24IO-. The molecule has 0 aromatic carbocycles. The topological polar surface area (TPSA) is 9.23 Å². The van der Waals surface area contributed by atoms with Crippen LogP contribution in [0.3, 0.4) is 0 Å². The van der Waals surface area contributed by atoms with E-state index in [2.05, 4.69) is 17.2 Å². The predicted octanol–water partition coefficient (Wildman–Crippen LogP) is 0.677. The molecule has 3 aliphatic rings. The van der Waals surface area contributed by atoms with E-state index in [0.717, 1.165) is 42.1 Å². The molecule has 3 saturated carbocycles. The van der Waals surface area contributed by atoms with E-state index in [0.29, 0.717) is 0 Å². The van der Waals surface area contributed by atoms with Gasteiger partial charge >= 0.3 is 122 Å². The third-order valence-electron chi connectivity index (χ3n) is 5.55. The molecule has 0 aliphatic heterocycles. The third kappa shape index (κ3) is 2.25. The van der Waals surface area contributed by atoms with Crippen LogP contribution in [0.1, 0.15) is 25.7 Å². The van der Waals surface area contributed by atoms with Gasteiger partial charge in [0, 0.05) is 0 Å². The zero-order chi connectivity index (χ0) is 12.5. The van der Waals surface area contributed by atoms with Gasteiger partial charge in [0.15, 0.2) is 0 Å². The van der Waals surface area contributed by atoms with Crippen molar-refractivity contribution >= 4 is 0 Å². The van der Waals surface area contributed by atoms with Gasteiger partial charge in [-0.3, -0.25) is 0 Å². The Morgan fingerprint density at radius 1 is 1.06 bits per heavy atom. The fourth-order valence-corrected chi connectivity index (χ4v) is 7.05. The Morgan fingerprint density at radius 3 is 2.67 bits per heavy atom. The van der Waals surface area contributed by atoms with Gasteiger partial charge in [0.2, 0.25) is 0 Å². The fraction of sp³-hybridized carbons (Fsp3) is 0.750. The molecule has 0 spiro atoms. The summed E-state index contributed by atoms with van der Waals surface area (Å²) in [5.41, 5.74) is 0. The summed E-state index contributed by atoms with van der Waals surface area (Å²) in [6, 6.07) is 0. The molecule has 0 heterocycles. The number of fused-ring (bicyclic) bond motifs is 5. The molecule has 1 nitrogen and oxygen atoms in total. The van der Waals surface area contributed by atoms with Crippen molar-refractivity contribution in [3.63, 3.8) is 0 Å². The summed E-state index contributed by atoms with van der Waals surface area (Å²) in [6.07, 6.45) is 7.57. The molecule has 6 atom stereocenters. The molecule has 0 aromatic heterocycles. The van der Waals surface area contributed by atoms with Crippen LogP contribution in [0.5, 0.6) is 0 Å². The minimum atomic E-state index is 0.288. The molecule has 2 heteroatoms.